The van der Waals surface area contributed by atoms with Gasteiger partial charge in [0.25, 0.3) is 0 Å². The summed E-state index contributed by atoms with van der Waals surface area (Å²) in [5, 5.41) is 14.1. The summed E-state index contributed by atoms with van der Waals surface area (Å²) in [4.78, 5) is 18.6. The van der Waals surface area contributed by atoms with Crippen LogP contribution in [0.1, 0.15) is 25.0 Å². The summed E-state index contributed by atoms with van der Waals surface area (Å²) in [6.07, 6.45) is 2.46. The number of aromatic nitrogens is 1. The monoisotopic (exact) mass is 278 g/mol. The molecule has 1 N–H and O–H groups in total. The van der Waals surface area contributed by atoms with Crippen molar-refractivity contribution in [3.63, 3.8) is 0 Å². The Morgan fingerprint density at radius 2 is 2.58 bits per heavy atom. The van der Waals surface area contributed by atoms with Gasteiger partial charge in [-0.3, -0.25) is 4.79 Å². The minimum atomic E-state index is 0.0108. The van der Waals surface area contributed by atoms with Crippen LogP contribution in [0.2, 0.25) is 0 Å². The Balaban J connectivity index is 1.86. The van der Waals surface area contributed by atoms with Gasteiger partial charge < -0.3 is 10.2 Å². The first kappa shape index (κ1) is 14.0. The maximum absolute atomic E-state index is 12.2. The standard InChI is InChI=1S/C13H18N4OS/c1-10-9-19-13(15-10)16-12(18)11-4-2-6-17(8-11)7-3-5-14/h9,11H,2-4,6-8H2,1H3,(H,15,16,18). The van der Waals surface area contributed by atoms with Crippen LogP contribution < -0.4 is 5.32 Å². The number of hydrogen-bond acceptors (Lipinski definition) is 5. The molecule has 1 aromatic rings. The molecule has 1 unspecified atom stereocenters. The van der Waals surface area contributed by atoms with Gasteiger partial charge in [-0.05, 0) is 26.3 Å². The molecule has 1 amide bonds. The van der Waals surface area contributed by atoms with Crippen LogP contribution in [0.25, 0.3) is 0 Å². The van der Waals surface area contributed by atoms with E-state index in [9.17, 15) is 4.79 Å². The zero-order valence-electron chi connectivity index (χ0n) is 11.1. The van der Waals surface area contributed by atoms with Crippen molar-refractivity contribution in [1.29, 1.82) is 5.26 Å². The van der Waals surface area contributed by atoms with Gasteiger partial charge in [-0.15, -0.1) is 11.3 Å². The number of carbonyl (C=O) groups is 1. The number of nitrogens with one attached hydrogen (secondary N) is 1. The van der Waals surface area contributed by atoms with Crippen molar-refractivity contribution in [1.82, 2.24) is 9.88 Å². The van der Waals surface area contributed by atoms with Crippen LogP contribution in [-0.2, 0) is 4.79 Å². The number of nitrogens with zero attached hydrogens (tertiary/aromatic N) is 3. The Morgan fingerprint density at radius 3 is 3.26 bits per heavy atom. The van der Waals surface area contributed by atoms with Crippen LogP contribution in [-0.4, -0.2) is 35.4 Å². The van der Waals surface area contributed by atoms with E-state index < -0.39 is 0 Å². The molecule has 0 radical (unpaired) electrons. The first-order valence-electron chi connectivity index (χ1n) is 6.51. The van der Waals surface area contributed by atoms with E-state index in [-0.39, 0.29) is 11.8 Å². The van der Waals surface area contributed by atoms with Crippen LogP contribution in [0.3, 0.4) is 0 Å². The third-order valence-electron chi connectivity index (χ3n) is 3.27. The minimum Gasteiger partial charge on any atom is -0.302 e. The Morgan fingerprint density at radius 1 is 1.74 bits per heavy atom. The predicted molar refractivity (Wildman–Crippen MR) is 74.9 cm³/mol. The maximum Gasteiger partial charge on any atom is 0.230 e. The highest BCUT2D eigenvalue weighted by Gasteiger charge is 2.25. The largest absolute Gasteiger partial charge is 0.302 e. The second kappa shape index (κ2) is 6.64. The molecule has 0 aliphatic carbocycles. The number of amides is 1. The summed E-state index contributed by atoms with van der Waals surface area (Å²) in [6.45, 7) is 4.41. The highest BCUT2D eigenvalue weighted by molar-refractivity contribution is 7.13. The summed E-state index contributed by atoms with van der Waals surface area (Å²) in [5.74, 6) is 0.0626. The molecular formula is C13H18N4OS. The van der Waals surface area contributed by atoms with E-state index in [1.807, 2.05) is 12.3 Å². The van der Waals surface area contributed by atoms with E-state index in [1.54, 1.807) is 0 Å². The van der Waals surface area contributed by atoms with Crippen molar-refractivity contribution < 1.29 is 4.79 Å². The zero-order chi connectivity index (χ0) is 13.7. The fraction of sp³-hybridized carbons (Fsp3) is 0.615. The summed E-state index contributed by atoms with van der Waals surface area (Å²) in [6, 6.07) is 2.15. The van der Waals surface area contributed by atoms with Crippen molar-refractivity contribution in [2.24, 2.45) is 5.92 Å². The molecule has 1 atom stereocenters. The lowest BCUT2D eigenvalue weighted by Crippen LogP contribution is -2.41. The number of carbonyl (C=O) groups excluding carboxylic acids is 1. The highest BCUT2D eigenvalue weighted by Crippen LogP contribution is 2.20. The molecule has 1 aromatic heterocycles. The molecule has 19 heavy (non-hydrogen) atoms. The summed E-state index contributed by atoms with van der Waals surface area (Å²) in [5.41, 5.74) is 0.930. The third-order valence-corrected chi connectivity index (χ3v) is 4.14. The van der Waals surface area contributed by atoms with Crippen molar-refractivity contribution in [3.05, 3.63) is 11.1 Å². The third kappa shape index (κ3) is 4.01. The lowest BCUT2D eigenvalue weighted by Gasteiger charge is -2.31. The van der Waals surface area contributed by atoms with Crippen LogP contribution >= 0.6 is 11.3 Å². The van der Waals surface area contributed by atoms with Gasteiger partial charge in [-0.25, -0.2) is 4.98 Å². The zero-order valence-corrected chi connectivity index (χ0v) is 11.9. The summed E-state index contributed by atoms with van der Waals surface area (Å²) in [7, 11) is 0. The van der Waals surface area contributed by atoms with Crippen LogP contribution in [0.15, 0.2) is 5.38 Å². The number of nitriles is 1. The predicted octanol–water partition coefficient (Wildman–Crippen LogP) is 2.02. The molecule has 1 aliphatic rings. The molecule has 1 fully saturated rings. The van der Waals surface area contributed by atoms with Gasteiger partial charge in [0, 0.05) is 24.9 Å². The molecule has 102 valence electrons. The molecule has 0 bridgehead atoms. The second-order valence-corrected chi connectivity index (χ2v) is 5.69. The molecule has 0 saturated carbocycles. The van der Waals surface area contributed by atoms with Gasteiger partial charge in [0.15, 0.2) is 5.13 Å². The Kier molecular flexibility index (Phi) is 4.88. The van der Waals surface area contributed by atoms with E-state index in [0.717, 1.165) is 38.2 Å². The van der Waals surface area contributed by atoms with Crippen LogP contribution in [0.5, 0.6) is 0 Å². The number of thiazole rings is 1. The van der Waals surface area contributed by atoms with Crippen molar-refractivity contribution in [2.75, 3.05) is 25.0 Å². The van der Waals surface area contributed by atoms with Crippen molar-refractivity contribution in [3.8, 4) is 6.07 Å². The van der Waals surface area contributed by atoms with Crippen molar-refractivity contribution in [2.45, 2.75) is 26.2 Å². The topological polar surface area (TPSA) is 69.0 Å². The number of anilines is 1. The lowest BCUT2D eigenvalue weighted by atomic mass is 9.97. The molecule has 2 rings (SSSR count). The molecule has 6 heteroatoms. The van der Waals surface area contributed by atoms with Gasteiger partial charge in [0.1, 0.15) is 0 Å². The number of piperidine rings is 1. The second-order valence-electron chi connectivity index (χ2n) is 4.83. The Bertz CT molecular complexity index is 479. The molecule has 0 spiro atoms. The molecule has 1 saturated heterocycles. The van der Waals surface area contributed by atoms with Crippen LogP contribution in [0.4, 0.5) is 5.13 Å². The molecule has 5 nitrogen and oxygen atoms in total. The fourth-order valence-corrected chi connectivity index (χ4v) is 2.99. The van der Waals surface area contributed by atoms with Crippen molar-refractivity contribution >= 4 is 22.4 Å². The number of aryl methyl sites for hydroxylation is 1. The molecule has 0 aromatic carbocycles. The quantitative estimate of drug-likeness (QED) is 0.914. The number of likely N-dealkylation sites (tertiary alicyclic amines) is 1. The average molecular weight is 278 g/mol. The minimum absolute atomic E-state index is 0.0108. The van der Waals surface area contributed by atoms with E-state index in [2.05, 4.69) is 21.3 Å². The molecule has 2 heterocycles. The van der Waals surface area contributed by atoms with E-state index >= 15 is 0 Å². The number of hydrogen-bond donors (Lipinski definition) is 1. The van der Waals surface area contributed by atoms with Gasteiger partial charge in [-0.1, -0.05) is 0 Å². The summed E-state index contributed by atoms with van der Waals surface area (Å²) < 4.78 is 0. The summed E-state index contributed by atoms with van der Waals surface area (Å²) >= 11 is 1.46. The van der Waals surface area contributed by atoms with Gasteiger partial charge in [-0.2, -0.15) is 5.26 Å². The van der Waals surface area contributed by atoms with E-state index in [0.29, 0.717) is 11.6 Å². The maximum atomic E-state index is 12.2. The average Bonchev–Trinajstić information content (AvgIpc) is 2.82. The van der Waals surface area contributed by atoms with E-state index in [4.69, 9.17) is 5.26 Å². The first-order valence-corrected chi connectivity index (χ1v) is 7.39. The van der Waals surface area contributed by atoms with Gasteiger partial charge in [0.2, 0.25) is 5.91 Å². The smallest absolute Gasteiger partial charge is 0.230 e. The lowest BCUT2D eigenvalue weighted by molar-refractivity contribution is -0.121. The SMILES string of the molecule is Cc1csc(NC(=O)C2CCCN(CCC#N)C2)n1. The van der Waals surface area contributed by atoms with Gasteiger partial charge >= 0.3 is 0 Å². The molecular weight excluding hydrogens is 260 g/mol. The van der Waals surface area contributed by atoms with E-state index in [1.165, 1.54) is 11.3 Å². The Hall–Kier alpha value is -1.45. The number of rotatable bonds is 4. The Labute approximate surface area is 117 Å². The first-order chi connectivity index (χ1) is 9.19. The molecule has 1 aliphatic heterocycles. The van der Waals surface area contributed by atoms with Gasteiger partial charge in [0.05, 0.1) is 17.7 Å². The fourth-order valence-electron chi connectivity index (χ4n) is 2.30. The normalized spacial score (nSPS) is 19.9. The van der Waals surface area contributed by atoms with Crippen LogP contribution in [0, 0.1) is 24.2 Å². The highest BCUT2D eigenvalue weighted by atomic mass is 32.1.